The number of hydrogen-bond acceptors (Lipinski definition) is 3. The number of imidazole rings is 1. The van der Waals surface area contributed by atoms with Crippen LogP contribution >= 0.6 is 11.6 Å². The van der Waals surface area contributed by atoms with E-state index in [1.807, 2.05) is 54.0 Å². The van der Waals surface area contributed by atoms with Gasteiger partial charge >= 0.3 is 0 Å². The van der Waals surface area contributed by atoms with E-state index in [1.165, 1.54) is 0 Å². The number of rotatable bonds is 5. The fourth-order valence-corrected chi connectivity index (χ4v) is 3.13. The third kappa shape index (κ3) is 4.00. The number of pyridine rings is 1. The fourth-order valence-electron chi connectivity index (χ4n) is 2.90. The van der Waals surface area contributed by atoms with Crippen LogP contribution in [-0.4, -0.2) is 15.3 Å². The third-order valence-corrected chi connectivity index (χ3v) is 4.57. The molecule has 0 bridgehead atoms. The Morgan fingerprint density at radius 2 is 2.04 bits per heavy atom. The number of aromatic nitrogens is 2. The number of hydrogen-bond donors (Lipinski definition) is 1. The van der Waals surface area contributed by atoms with E-state index >= 15 is 0 Å². The maximum Gasteiger partial charge on any atom is 0.255 e. The molecule has 6 heteroatoms. The first kappa shape index (κ1) is 18.1. The van der Waals surface area contributed by atoms with E-state index in [0.29, 0.717) is 22.9 Å². The van der Waals surface area contributed by atoms with Crippen LogP contribution in [0.1, 0.15) is 21.6 Å². The lowest BCUT2D eigenvalue weighted by Gasteiger charge is -2.10. The third-order valence-electron chi connectivity index (χ3n) is 4.33. The lowest BCUT2D eigenvalue weighted by Crippen LogP contribution is -2.12. The van der Waals surface area contributed by atoms with Gasteiger partial charge in [-0.15, -0.1) is 0 Å². The SMILES string of the molecule is Cc1cc(Cl)ccc1NC(=O)c1cccc(OCc2cn3ccccc3n2)c1. The van der Waals surface area contributed by atoms with Crippen LogP contribution in [-0.2, 0) is 6.61 Å². The lowest BCUT2D eigenvalue weighted by molar-refractivity contribution is 0.102. The molecule has 0 saturated carbocycles. The van der Waals surface area contributed by atoms with E-state index < -0.39 is 0 Å². The highest BCUT2D eigenvalue weighted by Crippen LogP contribution is 2.21. The number of amides is 1. The number of carbonyl (C=O) groups is 1. The molecule has 0 fully saturated rings. The quantitative estimate of drug-likeness (QED) is 0.513. The Hall–Kier alpha value is -3.31. The Labute approximate surface area is 167 Å². The molecular weight excluding hydrogens is 374 g/mol. The number of fused-ring (bicyclic) bond motifs is 1. The predicted molar refractivity (Wildman–Crippen MR) is 110 cm³/mol. The number of anilines is 1. The van der Waals surface area contributed by atoms with Crippen LogP contribution in [0, 0.1) is 6.92 Å². The fraction of sp³-hybridized carbons (Fsp3) is 0.0909. The molecule has 4 aromatic rings. The zero-order valence-corrected chi connectivity index (χ0v) is 16.0. The highest BCUT2D eigenvalue weighted by molar-refractivity contribution is 6.30. The number of carbonyl (C=O) groups excluding carboxylic acids is 1. The highest BCUT2D eigenvalue weighted by atomic mass is 35.5. The molecule has 0 atom stereocenters. The summed E-state index contributed by atoms with van der Waals surface area (Å²) in [5.74, 6) is 0.404. The van der Waals surface area contributed by atoms with Gasteiger partial charge in [0.2, 0.25) is 0 Å². The minimum Gasteiger partial charge on any atom is -0.487 e. The van der Waals surface area contributed by atoms with Crippen molar-refractivity contribution in [3.63, 3.8) is 0 Å². The molecule has 0 unspecified atom stereocenters. The Kier molecular flexibility index (Phi) is 5.00. The van der Waals surface area contributed by atoms with Crippen molar-refractivity contribution in [3.05, 3.63) is 94.9 Å². The number of nitrogens with zero attached hydrogens (tertiary/aromatic N) is 2. The van der Waals surface area contributed by atoms with E-state index in [-0.39, 0.29) is 5.91 Å². The number of ether oxygens (including phenoxy) is 1. The molecule has 2 aromatic carbocycles. The number of nitrogens with one attached hydrogen (secondary N) is 1. The van der Waals surface area contributed by atoms with Gasteiger partial charge in [-0.2, -0.15) is 0 Å². The predicted octanol–water partition coefficient (Wildman–Crippen LogP) is 5.13. The Morgan fingerprint density at radius 3 is 2.86 bits per heavy atom. The molecule has 0 aliphatic heterocycles. The molecule has 2 aromatic heterocycles. The molecule has 1 N–H and O–H groups in total. The van der Waals surface area contributed by atoms with Crippen LogP contribution in [0.2, 0.25) is 5.02 Å². The van der Waals surface area contributed by atoms with Crippen molar-refractivity contribution in [1.82, 2.24) is 9.38 Å². The van der Waals surface area contributed by atoms with Crippen LogP contribution in [0.4, 0.5) is 5.69 Å². The second-order valence-corrected chi connectivity index (χ2v) is 6.86. The summed E-state index contributed by atoms with van der Waals surface area (Å²) < 4.78 is 7.77. The van der Waals surface area contributed by atoms with E-state index in [4.69, 9.17) is 16.3 Å². The van der Waals surface area contributed by atoms with Crippen molar-refractivity contribution in [2.24, 2.45) is 0 Å². The molecular formula is C22H18ClN3O2. The summed E-state index contributed by atoms with van der Waals surface area (Å²) >= 11 is 5.97. The van der Waals surface area contributed by atoms with Crippen molar-refractivity contribution in [2.75, 3.05) is 5.32 Å². The van der Waals surface area contributed by atoms with Gasteiger partial charge in [0.1, 0.15) is 18.0 Å². The first-order valence-corrected chi connectivity index (χ1v) is 9.19. The summed E-state index contributed by atoms with van der Waals surface area (Å²) in [6.07, 6.45) is 3.87. The Bertz CT molecular complexity index is 1120. The van der Waals surface area contributed by atoms with Gasteiger partial charge in [-0.3, -0.25) is 4.79 Å². The molecule has 140 valence electrons. The monoisotopic (exact) mass is 391 g/mol. The van der Waals surface area contributed by atoms with Crippen LogP contribution in [0.5, 0.6) is 5.75 Å². The van der Waals surface area contributed by atoms with Crippen LogP contribution in [0.25, 0.3) is 5.65 Å². The van der Waals surface area contributed by atoms with Gasteiger partial charge in [-0.1, -0.05) is 23.7 Å². The van der Waals surface area contributed by atoms with Crippen molar-refractivity contribution in [1.29, 1.82) is 0 Å². The minimum absolute atomic E-state index is 0.205. The largest absolute Gasteiger partial charge is 0.487 e. The number of aryl methyl sites for hydroxylation is 1. The first-order valence-electron chi connectivity index (χ1n) is 8.81. The summed E-state index contributed by atoms with van der Waals surface area (Å²) in [5, 5.41) is 3.54. The molecule has 2 heterocycles. The molecule has 4 rings (SSSR count). The summed E-state index contributed by atoms with van der Waals surface area (Å²) in [7, 11) is 0. The smallest absolute Gasteiger partial charge is 0.255 e. The van der Waals surface area contributed by atoms with E-state index in [0.717, 1.165) is 22.6 Å². The van der Waals surface area contributed by atoms with Gasteiger partial charge in [0.15, 0.2) is 0 Å². The standard InChI is InChI=1S/C22H18ClN3O2/c1-15-11-17(23)8-9-20(15)25-22(27)16-5-4-6-19(12-16)28-14-18-13-26-10-3-2-7-21(26)24-18/h2-13H,14H2,1H3,(H,25,27). The van der Waals surface area contributed by atoms with E-state index in [2.05, 4.69) is 10.3 Å². The van der Waals surface area contributed by atoms with Gasteiger partial charge in [0.05, 0.1) is 5.69 Å². The molecule has 0 aliphatic carbocycles. The summed E-state index contributed by atoms with van der Waals surface area (Å²) in [4.78, 5) is 17.1. The molecule has 0 spiro atoms. The lowest BCUT2D eigenvalue weighted by atomic mass is 10.1. The van der Waals surface area contributed by atoms with Gasteiger partial charge in [0.25, 0.3) is 5.91 Å². The topological polar surface area (TPSA) is 55.6 Å². The van der Waals surface area contributed by atoms with Crippen molar-refractivity contribution in [3.8, 4) is 5.75 Å². The summed E-state index contributed by atoms with van der Waals surface area (Å²) in [6, 6.07) is 18.3. The normalized spacial score (nSPS) is 10.8. The maximum atomic E-state index is 12.6. The van der Waals surface area contributed by atoms with Crippen LogP contribution in [0.15, 0.2) is 73.1 Å². The number of benzene rings is 2. The molecule has 28 heavy (non-hydrogen) atoms. The van der Waals surface area contributed by atoms with Gasteiger partial charge in [0, 0.05) is 28.7 Å². The van der Waals surface area contributed by atoms with Gasteiger partial charge in [-0.05, 0) is 61.0 Å². The van der Waals surface area contributed by atoms with Gasteiger partial charge < -0.3 is 14.5 Å². The van der Waals surface area contributed by atoms with Crippen molar-refractivity contribution >= 4 is 28.8 Å². The zero-order chi connectivity index (χ0) is 19.5. The average molecular weight is 392 g/mol. The van der Waals surface area contributed by atoms with Crippen LogP contribution in [0.3, 0.4) is 0 Å². The number of halogens is 1. The molecule has 0 radical (unpaired) electrons. The zero-order valence-electron chi connectivity index (χ0n) is 15.2. The maximum absolute atomic E-state index is 12.6. The average Bonchev–Trinajstić information content (AvgIpc) is 3.12. The van der Waals surface area contributed by atoms with E-state index in [9.17, 15) is 4.79 Å². The molecule has 1 amide bonds. The van der Waals surface area contributed by atoms with Crippen LogP contribution < -0.4 is 10.1 Å². The second kappa shape index (κ2) is 7.74. The minimum atomic E-state index is -0.205. The highest BCUT2D eigenvalue weighted by Gasteiger charge is 2.10. The summed E-state index contributed by atoms with van der Waals surface area (Å²) in [6.45, 7) is 2.22. The molecule has 0 saturated heterocycles. The van der Waals surface area contributed by atoms with Crippen molar-refractivity contribution < 1.29 is 9.53 Å². The Balaban J connectivity index is 1.45. The molecule has 0 aliphatic rings. The second-order valence-electron chi connectivity index (χ2n) is 6.43. The summed E-state index contributed by atoms with van der Waals surface area (Å²) in [5.41, 5.74) is 3.83. The molecule has 5 nitrogen and oxygen atoms in total. The Morgan fingerprint density at radius 1 is 1.14 bits per heavy atom. The van der Waals surface area contributed by atoms with Crippen molar-refractivity contribution in [2.45, 2.75) is 13.5 Å². The van der Waals surface area contributed by atoms with E-state index in [1.54, 1.807) is 30.3 Å². The first-order chi connectivity index (χ1) is 13.6. The van der Waals surface area contributed by atoms with Gasteiger partial charge in [-0.25, -0.2) is 4.98 Å².